The van der Waals surface area contributed by atoms with Crippen LogP contribution in [0.5, 0.6) is 0 Å². The van der Waals surface area contributed by atoms with Crippen LogP contribution in [-0.4, -0.2) is 29.5 Å². The van der Waals surface area contributed by atoms with E-state index in [-0.39, 0.29) is 12.1 Å². The largest absolute Gasteiger partial charge is 0.394 e. The van der Waals surface area contributed by atoms with Crippen LogP contribution in [-0.2, 0) is 0 Å². The molecule has 1 rings (SSSR count). The van der Waals surface area contributed by atoms with Gasteiger partial charge in [0.15, 0.2) is 0 Å². The first-order chi connectivity index (χ1) is 9.50. The quantitative estimate of drug-likeness (QED) is 0.535. The average Bonchev–Trinajstić information content (AvgIpc) is 2.42. The molecule has 1 aromatic carbocycles. The lowest BCUT2D eigenvalue weighted by atomic mass is 9.96. The summed E-state index contributed by atoms with van der Waals surface area (Å²) in [6.45, 7) is 9.64. The lowest BCUT2D eigenvalue weighted by molar-refractivity contribution is 0.165. The van der Waals surface area contributed by atoms with Gasteiger partial charge in [-0.05, 0) is 57.5 Å². The molecule has 0 heterocycles. The molecule has 1 atom stereocenters. The number of thioether (sulfide) groups is 1. The third kappa shape index (κ3) is 5.86. The monoisotopic (exact) mass is 295 g/mol. The smallest absolute Gasteiger partial charge is 0.0610 e. The number of nitrogens with one attached hydrogen (secondary N) is 1. The summed E-state index contributed by atoms with van der Waals surface area (Å²) in [6.07, 6.45) is 3.38. The van der Waals surface area contributed by atoms with Gasteiger partial charge in [0, 0.05) is 10.4 Å². The number of aryl methyl sites for hydroxylation is 2. The first-order valence-corrected chi connectivity index (χ1v) is 8.55. The maximum Gasteiger partial charge on any atom is 0.0610 e. The van der Waals surface area contributed by atoms with Crippen molar-refractivity contribution in [2.45, 2.75) is 57.4 Å². The number of likely N-dealkylation sites (N-methyl/N-ethyl adjacent to an activating group) is 1. The molecule has 0 fully saturated rings. The standard InChI is InChI=1S/C17H29NOS/c1-5-18-17(4,13-19)10-6-7-11-20-16-12-14(2)8-9-15(16)3/h8-9,12,18-19H,5-7,10-11,13H2,1-4H3. The van der Waals surface area contributed by atoms with Crippen molar-refractivity contribution in [1.82, 2.24) is 5.32 Å². The van der Waals surface area contributed by atoms with E-state index >= 15 is 0 Å². The second kappa shape index (κ2) is 8.71. The zero-order chi connectivity index (χ0) is 15.0. The molecule has 0 aromatic heterocycles. The van der Waals surface area contributed by atoms with Crippen LogP contribution in [0.2, 0.25) is 0 Å². The summed E-state index contributed by atoms with van der Waals surface area (Å²) in [5.41, 5.74) is 2.59. The van der Waals surface area contributed by atoms with Gasteiger partial charge in [-0.15, -0.1) is 11.8 Å². The van der Waals surface area contributed by atoms with E-state index < -0.39 is 0 Å². The van der Waals surface area contributed by atoms with Crippen LogP contribution < -0.4 is 5.32 Å². The minimum absolute atomic E-state index is 0.112. The summed E-state index contributed by atoms with van der Waals surface area (Å²) < 4.78 is 0. The number of hydrogen-bond acceptors (Lipinski definition) is 3. The molecule has 114 valence electrons. The number of unbranched alkanes of at least 4 members (excludes halogenated alkanes) is 1. The third-order valence-electron chi connectivity index (χ3n) is 3.68. The molecule has 1 unspecified atom stereocenters. The van der Waals surface area contributed by atoms with Crippen LogP contribution in [0.1, 0.15) is 44.2 Å². The van der Waals surface area contributed by atoms with Gasteiger partial charge in [-0.2, -0.15) is 0 Å². The first-order valence-electron chi connectivity index (χ1n) is 7.56. The molecule has 0 saturated heterocycles. The van der Waals surface area contributed by atoms with Gasteiger partial charge >= 0.3 is 0 Å². The molecule has 2 N–H and O–H groups in total. The Labute approximate surface area is 128 Å². The van der Waals surface area contributed by atoms with Gasteiger partial charge in [0.05, 0.1) is 6.61 Å². The van der Waals surface area contributed by atoms with Crippen LogP contribution in [0.4, 0.5) is 0 Å². The van der Waals surface area contributed by atoms with E-state index in [2.05, 4.69) is 51.2 Å². The topological polar surface area (TPSA) is 32.3 Å². The fourth-order valence-corrected chi connectivity index (χ4v) is 3.45. The second-order valence-corrected chi connectivity index (χ2v) is 6.96. The van der Waals surface area contributed by atoms with Crippen molar-refractivity contribution in [3.8, 4) is 0 Å². The minimum atomic E-state index is -0.112. The molecule has 0 aliphatic heterocycles. The molecular formula is C17H29NOS. The average molecular weight is 295 g/mol. The summed E-state index contributed by atoms with van der Waals surface area (Å²) in [4.78, 5) is 1.40. The fraction of sp³-hybridized carbons (Fsp3) is 0.647. The molecule has 3 heteroatoms. The van der Waals surface area contributed by atoms with Crippen molar-refractivity contribution in [1.29, 1.82) is 0 Å². The Morgan fingerprint density at radius 3 is 2.65 bits per heavy atom. The van der Waals surface area contributed by atoms with Gasteiger partial charge in [-0.3, -0.25) is 0 Å². The predicted molar refractivity (Wildman–Crippen MR) is 89.7 cm³/mol. The highest BCUT2D eigenvalue weighted by Crippen LogP contribution is 2.25. The number of rotatable bonds is 9. The normalized spacial score (nSPS) is 14.2. The predicted octanol–water partition coefficient (Wildman–Crippen LogP) is 3.93. The van der Waals surface area contributed by atoms with Crippen molar-refractivity contribution in [3.05, 3.63) is 29.3 Å². The molecule has 0 bridgehead atoms. The Morgan fingerprint density at radius 1 is 1.25 bits per heavy atom. The summed E-state index contributed by atoms with van der Waals surface area (Å²) in [5, 5.41) is 12.8. The van der Waals surface area contributed by atoms with Crippen molar-refractivity contribution in [3.63, 3.8) is 0 Å². The van der Waals surface area contributed by atoms with Crippen molar-refractivity contribution in [2.75, 3.05) is 18.9 Å². The van der Waals surface area contributed by atoms with Gasteiger partial charge in [-0.25, -0.2) is 0 Å². The van der Waals surface area contributed by atoms with Gasteiger partial charge < -0.3 is 10.4 Å². The summed E-state index contributed by atoms with van der Waals surface area (Å²) in [7, 11) is 0. The van der Waals surface area contributed by atoms with Crippen LogP contribution >= 0.6 is 11.8 Å². The number of aliphatic hydroxyl groups excluding tert-OH is 1. The highest BCUT2D eigenvalue weighted by molar-refractivity contribution is 7.99. The molecule has 0 amide bonds. The Balaban J connectivity index is 2.30. The highest BCUT2D eigenvalue weighted by Gasteiger charge is 2.20. The summed E-state index contributed by atoms with van der Waals surface area (Å²) in [6, 6.07) is 6.64. The number of hydrogen-bond donors (Lipinski definition) is 2. The third-order valence-corrected chi connectivity index (χ3v) is 4.92. The fourth-order valence-electron chi connectivity index (χ4n) is 2.31. The van der Waals surface area contributed by atoms with E-state index in [0.717, 1.165) is 25.1 Å². The van der Waals surface area contributed by atoms with E-state index in [1.807, 2.05) is 11.8 Å². The lowest BCUT2D eigenvalue weighted by Gasteiger charge is -2.28. The van der Waals surface area contributed by atoms with Crippen molar-refractivity contribution >= 4 is 11.8 Å². The van der Waals surface area contributed by atoms with Crippen LogP contribution in [0, 0.1) is 13.8 Å². The Hall–Kier alpha value is -0.510. The van der Waals surface area contributed by atoms with Crippen LogP contribution in [0.3, 0.4) is 0 Å². The van der Waals surface area contributed by atoms with Gasteiger partial charge in [0.25, 0.3) is 0 Å². The van der Waals surface area contributed by atoms with E-state index in [0.29, 0.717) is 0 Å². The Kier molecular flexibility index (Phi) is 7.63. The lowest BCUT2D eigenvalue weighted by Crippen LogP contribution is -2.45. The molecule has 20 heavy (non-hydrogen) atoms. The number of benzene rings is 1. The van der Waals surface area contributed by atoms with Crippen LogP contribution in [0.25, 0.3) is 0 Å². The maximum atomic E-state index is 9.45. The summed E-state index contributed by atoms with van der Waals surface area (Å²) >= 11 is 1.95. The molecular weight excluding hydrogens is 266 g/mol. The SMILES string of the molecule is CCNC(C)(CO)CCCCSc1cc(C)ccc1C. The molecule has 0 spiro atoms. The van der Waals surface area contributed by atoms with Gasteiger partial charge in [0.2, 0.25) is 0 Å². The molecule has 1 aromatic rings. The van der Waals surface area contributed by atoms with Crippen molar-refractivity contribution in [2.24, 2.45) is 0 Å². The zero-order valence-electron chi connectivity index (χ0n) is 13.3. The molecule has 0 aliphatic rings. The van der Waals surface area contributed by atoms with Gasteiger partial charge in [-0.1, -0.05) is 31.0 Å². The van der Waals surface area contributed by atoms with E-state index in [1.54, 1.807) is 0 Å². The molecule has 0 aliphatic carbocycles. The van der Waals surface area contributed by atoms with Crippen LogP contribution in [0.15, 0.2) is 23.1 Å². The first kappa shape index (κ1) is 17.5. The molecule has 2 nitrogen and oxygen atoms in total. The van der Waals surface area contributed by atoms with E-state index in [4.69, 9.17) is 0 Å². The summed E-state index contributed by atoms with van der Waals surface area (Å²) in [5.74, 6) is 1.15. The number of aliphatic hydroxyl groups is 1. The molecule has 0 saturated carbocycles. The Morgan fingerprint density at radius 2 is 2.00 bits per heavy atom. The molecule has 0 radical (unpaired) electrons. The highest BCUT2D eigenvalue weighted by atomic mass is 32.2. The van der Waals surface area contributed by atoms with Crippen molar-refractivity contribution < 1.29 is 5.11 Å². The Bertz CT molecular complexity index is 408. The maximum absolute atomic E-state index is 9.45. The van der Waals surface area contributed by atoms with E-state index in [1.165, 1.54) is 22.4 Å². The zero-order valence-corrected chi connectivity index (χ0v) is 14.1. The minimum Gasteiger partial charge on any atom is -0.394 e. The van der Waals surface area contributed by atoms with E-state index in [9.17, 15) is 5.11 Å². The second-order valence-electron chi connectivity index (χ2n) is 5.82. The van der Waals surface area contributed by atoms with Gasteiger partial charge in [0.1, 0.15) is 0 Å².